The van der Waals surface area contributed by atoms with Gasteiger partial charge in [-0.25, -0.2) is 0 Å². The normalized spacial score (nSPS) is 22.7. The van der Waals surface area contributed by atoms with Crippen molar-refractivity contribution >= 4 is 32.6 Å². The fourth-order valence-electron chi connectivity index (χ4n) is 2.96. The fourth-order valence-corrected chi connectivity index (χ4v) is 3.68. The Bertz CT molecular complexity index is 638. The van der Waals surface area contributed by atoms with E-state index in [1.807, 2.05) is 30.3 Å². The number of alkyl halides is 1. The average Bonchev–Trinajstić information content (AvgIpc) is 2.71. The van der Waals surface area contributed by atoms with Gasteiger partial charge in [0.25, 0.3) is 5.91 Å². The first kappa shape index (κ1) is 14.5. The van der Waals surface area contributed by atoms with Gasteiger partial charge >= 0.3 is 0 Å². The SMILES string of the molecule is O=C(NC1CCCCCC1Br)c1nccc2ccccc12. The summed E-state index contributed by atoms with van der Waals surface area (Å²) in [5, 5.41) is 5.13. The van der Waals surface area contributed by atoms with Gasteiger partial charge in [0, 0.05) is 22.5 Å². The van der Waals surface area contributed by atoms with Crippen molar-refractivity contribution in [2.24, 2.45) is 0 Å². The number of rotatable bonds is 2. The Hall–Kier alpha value is -1.42. The van der Waals surface area contributed by atoms with Crippen LogP contribution < -0.4 is 5.32 Å². The lowest BCUT2D eigenvalue weighted by molar-refractivity contribution is 0.0931. The molecular formula is C17H19BrN2O. The van der Waals surface area contributed by atoms with Crippen LogP contribution in [0.2, 0.25) is 0 Å². The molecule has 0 spiro atoms. The summed E-state index contributed by atoms with van der Waals surface area (Å²) >= 11 is 3.72. The van der Waals surface area contributed by atoms with Gasteiger partial charge in [0.15, 0.2) is 0 Å². The molecule has 0 bridgehead atoms. The monoisotopic (exact) mass is 346 g/mol. The van der Waals surface area contributed by atoms with E-state index in [2.05, 4.69) is 26.2 Å². The Labute approximate surface area is 133 Å². The van der Waals surface area contributed by atoms with Crippen molar-refractivity contribution in [2.75, 3.05) is 0 Å². The number of aromatic nitrogens is 1. The lowest BCUT2D eigenvalue weighted by Gasteiger charge is -2.21. The van der Waals surface area contributed by atoms with Crippen LogP contribution in [-0.4, -0.2) is 21.8 Å². The number of carbonyl (C=O) groups is 1. The van der Waals surface area contributed by atoms with E-state index < -0.39 is 0 Å². The number of fused-ring (bicyclic) bond motifs is 1. The van der Waals surface area contributed by atoms with Gasteiger partial charge in [-0.3, -0.25) is 9.78 Å². The number of pyridine rings is 1. The van der Waals surface area contributed by atoms with E-state index in [1.54, 1.807) is 6.20 Å². The Morgan fingerprint density at radius 2 is 1.95 bits per heavy atom. The molecule has 110 valence electrons. The zero-order valence-corrected chi connectivity index (χ0v) is 13.5. The van der Waals surface area contributed by atoms with E-state index >= 15 is 0 Å². The second-order valence-corrected chi connectivity index (χ2v) is 6.79. The van der Waals surface area contributed by atoms with Crippen molar-refractivity contribution in [2.45, 2.75) is 43.0 Å². The third-order valence-electron chi connectivity index (χ3n) is 4.14. The van der Waals surface area contributed by atoms with Gasteiger partial charge in [0.1, 0.15) is 5.69 Å². The van der Waals surface area contributed by atoms with Crippen LogP contribution in [0.25, 0.3) is 10.8 Å². The number of amides is 1. The number of hydrogen-bond acceptors (Lipinski definition) is 2. The average molecular weight is 347 g/mol. The number of carbonyl (C=O) groups excluding carboxylic acids is 1. The standard InChI is InChI=1S/C17H19BrN2O/c18-14-8-2-1-3-9-15(14)20-17(21)16-13-7-5-4-6-12(13)10-11-19-16/h4-7,10-11,14-15H,1-3,8-9H2,(H,20,21). The minimum atomic E-state index is -0.0665. The van der Waals surface area contributed by atoms with Gasteiger partial charge < -0.3 is 5.32 Å². The molecular weight excluding hydrogens is 328 g/mol. The lowest BCUT2D eigenvalue weighted by Crippen LogP contribution is -2.40. The summed E-state index contributed by atoms with van der Waals surface area (Å²) in [4.78, 5) is 17.2. The zero-order valence-electron chi connectivity index (χ0n) is 11.9. The van der Waals surface area contributed by atoms with E-state index in [-0.39, 0.29) is 11.9 Å². The molecule has 0 aliphatic heterocycles. The van der Waals surface area contributed by atoms with Crippen molar-refractivity contribution < 1.29 is 4.79 Å². The van der Waals surface area contributed by atoms with Gasteiger partial charge in [-0.1, -0.05) is 59.5 Å². The van der Waals surface area contributed by atoms with Crippen LogP contribution in [0.15, 0.2) is 36.5 Å². The summed E-state index contributed by atoms with van der Waals surface area (Å²) in [5.74, 6) is -0.0665. The first-order valence-electron chi connectivity index (χ1n) is 7.54. The maximum atomic E-state index is 12.6. The zero-order chi connectivity index (χ0) is 14.7. The van der Waals surface area contributed by atoms with E-state index in [0.717, 1.165) is 23.6 Å². The van der Waals surface area contributed by atoms with Crippen LogP contribution >= 0.6 is 15.9 Å². The van der Waals surface area contributed by atoms with Gasteiger partial charge in [-0.15, -0.1) is 0 Å². The summed E-state index contributed by atoms with van der Waals surface area (Å²) < 4.78 is 0. The topological polar surface area (TPSA) is 42.0 Å². The molecule has 21 heavy (non-hydrogen) atoms. The van der Waals surface area contributed by atoms with Crippen LogP contribution in [0, 0.1) is 0 Å². The molecule has 1 aromatic heterocycles. The number of hydrogen-bond donors (Lipinski definition) is 1. The molecule has 1 fully saturated rings. The highest BCUT2D eigenvalue weighted by Crippen LogP contribution is 2.24. The molecule has 1 saturated carbocycles. The Morgan fingerprint density at radius 1 is 1.14 bits per heavy atom. The molecule has 1 heterocycles. The molecule has 0 saturated heterocycles. The minimum Gasteiger partial charge on any atom is -0.347 e. The summed E-state index contributed by atoms with van der Waals surface area (Å²) in [6.07, 6.45) is 7.52. The van der Waals surface area contributed by atoms with Crippen molar-refractivity contribution in [1.82, 2.24) is 10.3 Å². The maximum Gasteiger partial charge on any atom is 0.270 e. The molecule has 1 N–H and O–H groups in total. The Balaban J connectivity index is 1.83. The van der Waals surface area contributed by atoms with Gasteiger partial charge in [0.2, 0.25) is 0 Å². The molecule has 1 aliphatic carbocycles. The second-order valence-electron chi connectivity index (χ2n) is 5.61. The predicted octanol–water partition coefficient (Wildman–Crippen LogP) is 4.06. The molecule has 4 heteroatoms. The molecule has 1 aromatic carbocycles. The summed E-state index contributed by atoms with van der Waals surface area (Å²) in [6, 6.07) is 10.0. The largest absolute Gasteiger partial charge is 0.347 e. The quantitative estimate of drug-likeness (QED) is 0.658. The van der Waals surface area contributed by atoms with Crippen molar-refractivity contribution in [1.29, 1.82) is 0 Å². The molecule has 3 rings (SSSR count). The van der Waals surface area contributed by atoms with Gasteiger partial charge in [0.05, 0.1) is 0 Å². The second kappa shape index (κ2) is 6.56. The van der Waals surface area contributed by atoms with Crippen molar-refractivity contribution in [3.05, 3.63) is 42.2 Å². The van der Waals surface area contributed by atoms with E-state index in [9.17, 15) is 4.79 Å². The summed E-state index contributed by atoms with van der Waals surface area (Å²) in [7, 11) is 0. The maximum absolute atomic E-state index is 12.6. The van der Waals surface area contributed by atoms with Gasteiger partial charge in [-0.05, 0) is 24.3 Å². The molecule has 3 nitrogen and oxygen atoms in total. The molecule has 2 aromatic rings. The lowest BCUT2D eigenvalue weighted by atomic mass is 10.1. The van der Waals surface area contributed by atoms with Crippen molar-refractivity contribution in [3.8, 4) is 0 Å². The minimum absolute atomic E-state index is 0.0665. The predicted molar refractivity (Wildman–Crippen MR) is 88.8 cm³/mol. The molecule has 2 unspecified atom stereocenters. The van der Waals surface area contributed by atoms with Gasteiger partial charge in [-0.2, -0.15) is 0 Å². The van der Waals surface area contributed by atoms with E-state index in [4.69, 9.17) is 0 Å². The highest BCUT2D eigenvalue weighted by molar-refractivity contribution is 9.09. The Kier molecular flexibility index (Phi) is 4.54. The fraction of sp³-hybridized carbons (Fsp3) is 0.412. The number of halogens is 1. The van der Waals surface area contributed by atoms with E-state index in [0.29, 0.717) is 10.5 Å². The number of nitrogens with zero attached hydrogens (tertiary/aromatic N) is 1. The third-order valence-corrected chi connectivity index (χ3v) is 5.23. The Morgan fingerprint density at radius 3 is 2.86 bits per heavy atom. The van der Waals surface area contributed by atoms with Crippen molar-refractivity contribution in [3.63, 3.8) is 0 Å². The first-order chi connectivity index (χ1) is 10.3. The molecule has 1 amide bonds. The number of benzene rings is 1. The highest BCUT2D eigenvalue weighted by atomic mass is 79.9. The van der Waals surface area contributed by atoms with Crippen LogP contribution in [0.5, 0.6) is 0 Å². The van der Waals surface area contributed by atoms with Crippen LogP contribution in [0.1, 0.15) is 42.6 Å². The van der Waals surface area contributed by atoms with Crippen LogP contribution in [0.4, 0.5) is 0 Å². The highest BCUT2D eigenvalue weighted by Gasteiger charge is 2.24. The van der Waals surface area contributed by atoms with Crippen LogP contribution in [-0.2, 0) is 0 Å². The smallest absolute Gasteiger partial charge is 0.270 e. The van der Waals surface area contributed by atoms with E-state index in [1.165, 1.54) is 19.3 Å². The molecule has 1 aliphatic rings. The van der Waals surface area contributed by atoms with Crippen LogP contribution in [0.3, 0.4) is 0 Å². The third kappa shape index (κ3) is 3.26. The molecule has 0 radical (unpaired) electrons. The summed E-state index contributed by atoms with van der Waals surface area (Å²) in [6.45, 7) is 0. The molecule has 2 atom stereocenters. The summed E-state index contributed by atoms with van der Waals surface area (Å²) in [5.41, 5.74) is 0.525. The number of nitrogens with one attached hydrogen (secondary N) is 1. The first-order valence-corrected chi connectivity index (χ1v) is 8.46.